The van der Waals surface area contributed by atoms with Crippen molar-refractivity contribution in [3.05, 3.63) is 83.7 Å². The third-order valence-corrected chi connectivity index (χ3v) is 7.04. The van der Waals surface area contributed by atoms with Crippen LogP contribution in [-0.4, -0.2) is 39.1 Å². The number of H-pyrrole nitrogens is 1. The van der Waals surface area contributed by atoms with Crippen LogP contribution >= 0.6 is 0 Å². The van der Waals surface area contributed by atoms with Crippen molar-refractivity contribution < 1.29 is 23.4 Å². The molecule has 0 aliphatic carbocycles. The molecule has 2 N–H and O–H groups in total. The molecule has 6 rings (SSSR count). The van der Waals surface area contributed by atoms with Crippen molar-refractivity contribution in [1.29, 1.82) is 0 Å². The van der Waals surface area contributed by atoms with E-state index in [9.17, 15) is 18.7 Å². The zero-order valence-corrected chi connectivity index (χ0v) is 18.8. The molecule has 2 aromatic heterocycles. The first-order valence-electron chi connectivity index (χ1n) is 11.3. The van der Waals surface area contributed by atoms with Gasteiger partial charge in [-0.1, -0.05) is 13.0 Å². The van der Waals surface area contributed by atoms with Gasteiger partial charge in [-0.15, -0.1) is 0 Å². The molecule has 0 bridgehead atoms. The van der Waals surface area contributed by atoms with Gasteiger partial charge in [-0.3, -0.25) is 5.10 Å². The van der Waals surface area contributed by atoms with Crippen LogP contribution < -0.4 is 0 Å². The minimum atomic E-state index is -1.32. The Morgan fingerprint density at radius 2 is 1.91 bits per heavy atom. The average molecular weight is 473 g/mol. The molecule has 0 saturated carbocycles. The summed E-state index contributed by atoms with van der Waals surface area (Å²) < 4.78 is 36.5. The van der Waals surface area contributed by atoms with Crippen LogP contribution in [0.1, 0.15) is 29.4 Å². The normalized spacial score (nSPS) is 14.9. The quantitative estimate of drug-likeness (QED) is 0.337. The van der Waals surface area contributed by atoms with Crippen molar-refractivity contribution in [3.63, 3.8) is 0 Å². The maximum atomic E-state index is 14.9. The first-order valence-corrected chi connectivity index (χ1v) is 11.3. The number of nitrogens with one attached hydrogen (secondary N) is 1. The van der Waals surface area contributed by atoms with E-state index in [-0.39, 0.29) is 16.8 Å². The standard InChI is InChI=1S/C27H21F2N3O3/c1-2-27(13-35-14-27)25-24(15-3-8-19(26(33)34)21(29)9-15)20-11-22-16(12-30-31-22)10-23(20)32(25)18-6-4-17(28)5-7-18/h3-12H,2,13-14H2,1H3,(H,30,31)(H,33,34). The van der Waals surface area contributed by atoms with E-state index in [4.69, 9.17) is 4.74 Å². The number of rotatable bonds is 5. The Morgan fingerprint density at radius 3 is 2.54 bits per heavy atom. The fourth-order valence-corrected chi connectivity index (χ4v) is 5.08. The van der Waals surface area contributed by atoms with Crippen LogP contribution in [0.15, 0.2) is 60.8 Å². The number of benzene rings is 3. The zero-order chi connectivity index (χ0) is 24.3. The smallest absolute Gasteiger partial charge is 0.338 e. The lowest BCUT2D eigenvalue weighted by atomic mass is 9.76. The Kier molecular flexibility index (Phi) is 4.76. The van der Waals surface area contributed by atoms with E-state index in [2.05, 4.69) is 21.7 Å². The summed E-state index contributed by atoms with van der Waals surface area (Å²) in [5, 5.41) is 18.2. The van der Waals surface area contributed by atoms with Gasteiger partial charge < -0.3 is 14.4 Å². The molecule has 35 heavy (non-hydrogen) atoms. The number of hydrogen-bond donors (Lipinski definition) is 2. The summed E-state index contributed by atoms with van der Waals surface area (Å²) >= 11 is 0. The van der Waals surface area contributed by atoms with Gasteiger partial charge >= 0.3 is 5.97 Å². The Balaban J connectivity index is 1.77. The largest absolute Gasteiger partial charge is 0.478 e. The Hall–Kier alpha value is -4.04. The Labute approximate surface area is 198 Å². The van der Waals surface area contributed by atoms with Gasteiger partial charge in [0, 0.05) is 27.7 Å². The maximum Gasteiger partial charge on any atom is 0.338 e. The highest BCUT2D eigenvalue weighted by molar-refractivity contribution is 6.06. The molecule has 6 nitrogen and oxygen atoms in total. The fraction of sp³-hybridized carbons (Fsp3) is 0.185. The minimum absolute atomic E-state index is 0.340. The number of hydrogen-bond acceptors (Lipinski definition) is 3. The lowest BCUT2D eigenvalue weighted by molar-refractivity contribution is -0.0644. The van der Waals surface area contributed by atoms with Crippen LogP contribution in [0.2, 0.25) is 0 Å². The van der Waals surface area contributed by atoms with E-state index >= 15 is 0 Å². The topological polar surface area (TPSA) is 80.1 Å². The molecular weight excluding hydrogens is 452 g/mol. The van der Waals surface area contributed by atoms with Crippen molar-refractivity contribution in [2.75, 3.05) is 13.2 Å². The second-order valence-corrected chi connectivity index (χ2v) is 8.99. The lowest BCUT2D eigenvalue weighted by Crippen LogP contribution is -2.47. The molecule has 0 spiro atoms. The van der Waals surface area contributed by atoms with Crippen molar-refractivity contribution in [3.8, 4) is 16.8 Å². The molecule has 3 aromatic carbocycles. The molecule has 0 amide bonds. The Bertz CT molecular complexity index is 1610. The predicted molar refractivity (Wildman–Crippen MR) is 128 cm³/mol. The van der Waals surface area contributed by atoms with Crippen LogP contribution in [-0.2, 0) is 10.2 Å². The predicted octanol–water partition coefficient (Wildman–Crippen LogP) is 5.83. The SMILES string of the molecule is CCC1(c2c(-c3ccc(C(=O)O)c(F)c3)c3cc4[nH]ncc4cc3n2-c2ccc(F)cc2)COC1. The second-order valence-electron chi connectivity index (χ2n) is 8.99. The zero-order valence-electron chi connectivity index (χ0n) is 18.8. The summed E-state index contributed by atoms with van der Waals surface area (Å²) in [4.78, 5) is 11.4. The van der Waals surface area contributed by atoms with Gasteiger partial charge in [0.15, 0.2) is 0 Å². The third-order valence-electron chi connectivity index (χ3n) is 7.04. The van der Waals surface area contributed by atoms with E-state index in [1.807, 2.05) is 12.1 Å². The van der Waals surface area contributed by atoms with E-state index in [0.29, 0.717) is 18.8 Å². The Morgan fingerprint density at radius 1 is 1.14 bits per heavy atom. The molecule has 5 aromatic rings. The number of fused-ring (bicyclic) bond motifs is 2. The number of halogens is 2. The number of nitrogens with zero attached hydrogens (tertiary/aromatic N) is 2. The van der Waals surface area contributed by atoms with Gasteiger partial charge in [-0.05, 0) is 60.5 Å². The van der Waals surface area contributed by atoms with Crippen LogP contribution in [0.5, 0.6) is 0 Å². The number of aromatic amines is 1. The van der Waals surface area contributed by atoms with Gasteiger partial charge in [-0.2, -0.15) is 5.10 Å². The number of aromatic nitrogens is 3. The average Bonchev–Trinajstić information content (AvgIpc) is 3.39. The van der Waals surface area contributed by atoms with Crippen LogP contribution in [0.4, 0.5) is 8.78 Å². The first kappa shape index (κ1) is 21.5. The number of ether oxygens (including phenoxy) is 1. The van der Waals surface area contributed by atoms with E-state index in [1.54, 1.807) is 24.4 Å². The molecule has 0 atom stereocenters. The number of aromatic carboxylic acids is 1. The summed E-state index contributed by atoms with van der Waals surface area (Å²) in [7, 11) is 0. The molecule has 8 heteroatoms. The highest BCUT2D eigenvalue weighted by Crippen LogP contribution is 2.48. The number of carbonyl (C=O) groups is 1. The molecular formula is C27H21F2N3O3. The highest BCUT2D eigenvalue weighted by atomic mass is 19.1. The summed E-state index contributed by atoms with van der Waals surface area (Å²) in [5.74, 6) is -2.46. The van der Waals surface area contributed by atoms with Crippen LogP contribution in [0.25, 0.3) is 38.6 Å². The van der Waals surface area contributed by atoms with Crippen LogP contribution in [0, 0.1) is 11.6 Å². The van der Waals surface area contributed by atoms with Gasteiger partial charge in [0.2, 0.25) is 0 Å². The van der Waals surface area contributed by atoms with Crippen molar-refractivity contribution in [1.82, 2.24) is 14.8 Å². The van der Waals surface area contributed by atoms with E-state index in [0.717, 1.165) is 45.2 Å². The molecule has 1 fully saturated rings. The first-order chi connectivity index (χ1) is 16.9. The second kappa shape index (κ2) is 7.74. The van der Waals surface area contributed by atoms with Crippen molar-refractivity contribution in [2.24, 2.45) is 0 Å². The molecule has 0 radical (unpaired) electrons. The van der Waals surface area contributed by atoms with Gasteiger partial charge in [0.1, 0.15) is 11.6 Å². The minimum Gasteiger partial charge on any atom is -0.478 e. The fourth-order valence-electron chi connectivity index (χ4n) is 5.08. The van der Waals surface area contributed by atoms with E-state index < -0.39 is 11.8 Å². The van der Waals surface area contributed by atoms with Crippen molar-refractivity contribution >= 4 is 27.8 Å². The van der Waals surface area contributed by atoms with Gasteiger partial charge in [0.25, 0.3) is 0 Å². The molecule has 1 saturated heterocycles. The molecule has 176 valence electrons. The van der Waals surface area contributed by atoms with E-state index in [1.165, 1.54) is 24.3 Å². The summed E-state index contributed by atoms with van der Waals surface area (Å²) in [5.41, 5.74) is 3.99. The summed E-state index contributed by atoms with van der Waals surface area (Å²) in [6, 6.07) is 14.5. The number of carboxylic acids is 1. The van der Waals surface area contributed by atoms with Crippen LogP contribution in [0.3, 0.4) is 0 Å². The monoisotopic (exact) mass is 473 g/mol. The number of carboxylic acid groups (broad SMARTS) is 1. The molecule has 0 unspecified atom stereocenters. The maximum absolute atomic E-state index is 14.9. The summed E-state index contributed by atoms with van der Waals surface area (Å²) in [6.45, 7) is 3.06. The summed E-state index contributed by atoms with van der Waals surface area (Å²) in [6.07, 6.45) is 2.51. The molecule has 1 aliphatic rings. The highest BCUT2D eigenvalue weighted by Gasteiger charge is 2.44. The molecule has 1 aliphatic heterocycles. The van der Waals surface area contributed by atoms with Gasteiger partial charge in [-0.25, -0.2) is 13.6 Å². The third kappa shape index (κ3) is 3.17. The van der Waals surface area contributed by atoms with Gasteiger partial charge in [0.05, 0.1) is 41.4 Å². The lowest BCUT2D eigenvalue weighted by Gasteiger charge is -2.42. The molecule has 3 heterocycles. The van der Waals surface area contributed by atoms with Crippen molar-refractivity contribution in [2.45, 2.75) is 18.8 Å².